The molecule has 0 aliphatic carbocycles. The largest absolute Gasteiger partial charge is 0.496 e. The highest BCUT2D eigenvalue weighted by molar-refractivity contribution is 5.49. The number of aryl methyl sites for hydroxylation is 1. The first-order valence-corrected chi connectivity index (χ1v) is 4.76. The summed E-state index contributed by atoms with van der Waals surface area (Å²) < 4.78 is 10.6. The third-order valence-corrected chi connectivity index (χ3v) is 2.31. The van der Waals surface area contributed by atoms with Crippen molar-refractivity contribution in [3.05, 3.63) is 23.3 Å². The fraction of sp³-hybridized carbons (Fsp3) is 0.455. The predicted molar refractivity (Wildman–Crippen MR) is 58.1 cm³/mol. The van der Waals surface area contributed by atoms with E-state index < -0.39 is 0 Å². The van der Waals surface area contributed by atoms with E-state index in [4.69, 9.17) is 15.4 Å². The lowest BCUT2D eigenvalue weighted by Crippen LogP contribution is -2.06. The molecule has 0 radical (unpaired) electrons. The number of hydrogen-bond acceptors (Lipinski definition) is 4. The summed E-state index contributed by atoms with van der Waals surface area (Å²) in [6, 6.07) is 3.88. The second kappa shape index (κ2) is 5.58. The minimum absolute atomic E-state index is 0.441. The molecule has 4 heteroatoms. The molecular formula is C11H17NO3. The van der Waals surface area contributed by atoms with Crippen LogP contribution >= 0.6 is 0 Å². The summed E-state index contributed by atoms with van der Waals surface area (Å²) in [4.78, 5) is 4.57. The predicted octanol–water partition coefficient (Wildman–Crippen LogP) is 1.45. The monoisotopic (exact) mass is 211 g/mol. The molecule has 0 saturated heterocycles. The maximum atomic E-state index is 5.34. The Balaban J connectivity index is 3.09. The minimum Gasteiger partial charge on any atom is -0.496 e. The van der Waals surface area contributed by atoms with Crippen LogP contribution in [0.15, 0.2) is 12.1 Å². The van der Waals surface area contributed by atoms with Gasteiger partial charge < -0.3 is 14.3 Å². The molecule has 0 fully saturated rings. The first-order chi connectivity index (χ1) is 7.24. The van der Waals surface area contributed by atoms with Crippen molar-refractivity contribution in [2.24, 2.45) is 5.90 Å². The van der Waals surface area contributed by atoms with Crippen LogP contribution in [0.5, 0.6) is 11.5 Å². The van der Waals surface area contributed by atoms with Gasteiger partial charge in [-0.15, -0.1) is 0 Å². The van der Waals surface area contributed by atoms with Crippen LogP contribution < -0.4 is 15.4 Å². The van der Waals surface area contributed by atoms with Crippen LogP contribution in [0.25, 0.3) is 0 Å². The van der Waals surface area contributed by atoms with Gasteiger partial charge in [-0.05, 0) is 18.6 Å². The smallest absolute Gasteiger partial charge is 0.128 e. The Morgan fingerprint density at radius 2 is 1.93 bits per heavy atom. The molecule has 0 aliphatic heterocycles. The second-order valence-corrected chi connectivity index (χ2v) is 3.22. The molecule has 4 nitrogen and oxygen atoms in total. The van der Waals surface area contributed by atoms with E-state index in [1.807, 2.05) is 19.1 Å². The van der Waals surface area contributed by atoms with Crippen molar-refractivity contribution < 1.29 is 14.3 Å². The molecule has 0 aliphatic rings. The summed E-state index contributed by atoms with van der Waals surface area (Å²) in [7, 11) is 3.28. The summed E-state index contributed by atoms with van der Waals surface area (Å²) in [5, 5.41) is 0. The summed E-state index contributed by atoms with van der Waals surface area (Å²) in [5.41, 5.74) is 2.07. The van der Waals surface area contributed by atoms with Gasteiger partial charge in [-0.2, -0.15) is 0 Å². The van der Waals surface area contributed by atoms with Crippen LogP contribution in [0, 0.1) is 6.92 Å². The highest BCUT2D eigenvalue weighted by Gasteiger charge is 2.12. The molecule has 15 heavy (non-hydrogen) atoms. The number of methoxy groups -OCH3 is 2. The summed E-state index contributed by atoms with van der Waals surface area (Å²) in [5.74, 6) is 6.66. The lowest BCUT2D eigenvalue weighted by molar-refractivity contribution is 0.140. The van der Waals surface area contributed by atoms with Crippen molar-refractivity contribution in [1.82, 2.24) is 0 Å². The molecule has 0 saturated carbocycles. The molecule has 0 spiro atoms. The Hall–Kier alpha value is -1.26. The molecule has 0 atom stereocenters. The molecule has 0 aromatic heterocycles. The van der Waals surface area contributed by atoms with Gasteiger partial charge in [0.2, 0.25) is 0 Å². The van der Waals surface area contributed by atoms with E-state index in [0.29, 0.717) is 13.0 Å². The summed E-state index contributed by atoms with van der Waals surface area (Å²) in [6.07, 6.45) is 0.671. The molecule has 1 aromatic rings. The Bertz CT molecular complexity index is 326. The topological polar surface area (TPSA) is 53.7 Å². The summed E-state index contributed by atoms with van der Waals surface area (Å²) >= 11 is 0. The van der Waals surface area contributed by atoms with Gasteiger partial charge >= 0.3 is 0 Å². The Morgan fingerprint density at radius 3 is 2.47 bits per heavy atom. The van der Waals surface area contributed by atoms with Crippen molar-refractivity contribution >= 4 is 0 Å². The van der Waals surface area contributed by atoms with E-state index in [9.17, 15) is 0 Å². The fourth-order valence-corrected chi connectivity index (χ4v) is 1.60. The van der Waals surface area contributed by atoms with E-state index in [0.717, 1.165) is 22.6 Å². The van der Waals surface area contributed by atoms with Crippen LogP contribution in [0.1, 0.15) is 11.1 Å². The normalized spacial score (nSPS) is 10.1. The van der Waals surface area contributed by atoms with Crippen molar-refractivity contribution in [1.29, 1.82) is 0 Å². The van der Waals surface area contributed by atoms with Gasteiger partial charge in [-0.25, -0.2) is 5.90 Å². The van der Waals surface area contributed by atoms with E-state index >= 15 is 0 Å². The zero-order valence-electron chi connectivity index (χ0n) is 9.37. The number of ether oxygens (including phenoxy) is 2. The van der Waals surface area contributed by atoms with Gasteiger partial charge in [0.15, 0.2) is 0 Å². The van der Waals surface area contributed by atoms with Gasteiger partial charge in [0, 0.05) is 12.0 Å². The number of nitrogens with two attached hydrogens (primary N) is 1. The fourth-order valence-electron chi connectivity index (χ4n) is 1.60. The SMILES string of the molecule is COc1ccc(C)c(OC)c1CCON. The van der Waals surface area contributed by atoms with Crippen LogP contribution in [-0.4, -0.2) is 20.8 Å². The maximum Gasteiger partial charge on any atom is 0.128 e. The maximum absolute atomic E-state index is 5.34. The van der Waals surface area contributed by atoms with Crippen molar-refractivity contribution in [3.63, 3.8) is 0 Å². The van der Waals surface area contributed by atoms with Crippen LogP contribution in [0.2, 0.25) is 0 Å². The molecule has 0 amide bonds. The second-order valence-electron chi connectivity index (χ2n) is 3.22. The Morgan fingerprint density at radius 1 is 1.20 bits per heavy atom. The van der Waals surface area contributed by atoms with Gasteiger partial charge in [0.05, 0.1) is 20.8 Å². The van der Waals surface area contributed by atoms with E-state index in [1.165, 1.54) is 0 Å². The summed E-state index contributed by atoms with van der Waals surface area (Å²) in [6.45, 7) is 2.43. The number of hydrogen-bond donors (Lipinski definition) is 1. The zero-order chi connectivity index (χ0) is 11.3. The first kappa shape index (κ1) is 11.8. The Labute approximate surface area is 89.9 Å². The van der Waals surface area contributed by atoms with Gasteiger partial charge in [-0.1, -0.05) is 6.07 Å². The molecule has 1 rings (SSSR count). The van der Waals surface area contributed by atoms with Gasteiger partial charge in [0.25, 0.3) is 0 Å². The third-order valence-electron chi connectivity index (χ3n) is 2.31. The van der Waals surface area contributed by atoms with E-state index in [1.54, 1.807) is 14.2 Å². The molecular weight excluding hydrogens is 194 g/mol. The standard InChI is InChI=1S/C11H17NO3/c1-8-4-5-10(13-2)9(6-7-15-12)11(8)14-3/h4-5H,6-7,12H2,1-3H3. The van der Waals surface area contributed by atoms with Crippen molar-refractivity contribution in [2.45, 2.75) is 13.3 Å². The average molecular weight is 211 g/mol. The lowest BCUT2D eigenvalue weighted by Gasteiger charge is -2.14. The Kier molecular flexibility index (Phi) is 4.39. The molecule has 0 unspecified atom stereocenters. The van der Waals surface area contributed by atoms with E-state index in [-0.39, 0.29) is 0 Å². The minimum atomic E-state index is 0.441. The number of rotatable bonds is 5. The van der Waals surface area contributed by atoms with Gasteiger partial charge in [0.1, 0.15) is 11.5 Å². The highest BCUT2D eigenvalue weighted by Crippen LogP contribution is 2.31. The molecule has 1 aromatic carbocycles. The number of benzene rings is 1. The molecule has 2 N–H and O–H groups in total. The van der Waals surface area contributed by atoms with Crippen LogP contribution in [0.3, 0.4) is 0 Å². The van der Waals surface area contributed by atoms with Crippen LogP contribution in [-0.2, 0) is 11.3 Å². The van der Waals surface area contributed by atoms with Crippen LogP contribution in [0.4, 0.5) is 0 Å². The van der Waals surface area contributed by atoms with Gasteiger partial charge in [-0.3, -0.25) is 0 Å². The lowest BCUT2D eigenvalue weighted by atomic mass is 10.1. The van der Waals surface area contributed by atoms with E-state index in [2.05, 4.69) is 4.84 Å². The highest BCUT2D eigenvalue weighted by atomic mass is 16.6. The van der Waals surface area contributed by atoms with Crippen molar-refractivity contribution in [3.8, 4) is 11.5 Å². The van der Waals surface area contributed by atoms with Crippen molar-refractivity contribution in [2.75, 3.05) is 20.8 Å². The molecule has 84 valence electrons. The molecule has 0 bridgehead atoms. The third kappa shape index (κ3) is 2.61. The molecule has 0 heterocycles. The zero-order valence-corrected chi connectivity index (χ0v) is 9.37. The average Bonchev–Trinajstić information content (AvgIpc) is 2.26. The first-order valence-electron chi connectivity index (χ1n) is 4.76. The quantitative estimate of drug-likeness (QED) is 0.749.